The molecule has 1 aromatic carbocycles. The van der Waals surface area contributed by atoms with Crippen LogP contribution in [0.15, 0.2) is 24.3 Å². The van der Waals surface area contributed by atoms with E-state index in [2.05, 4.69) is 0 Å². The fourth-order valence-corrected chi connectivity index (χ4v) is 1.80. The molecule has 1 heterocycles. The molecule has 0 spiro atoms. The number of amides is 1. The van der Waals surface area contributed by atoms with Gasteiger partial charge in [0.25, 0.3) is 5.91 Å². The highest BCUT2D eigenvalue weighted by atomic mass is 19.4. The second kappa shape index (κ2) is 5.12. The van der Waals surface area contributed by atoms with Crippen LogP contribution in [-0.2, 0) is 20.5 Å². The summed E-state index contributed by atoms with van der Waals surface area (Å²) in [6.07, 6.45) is -5.65. The Hall–Kier alpha value is -2.09. The van der Waals surface area contributed by atoms with Crippen LogP contribution in [0.3, 0.4) is 0 Å². The first-order chi connectivity index (χ1) is 9.29. The van der Waals surface area contributed by atoms with E-state index >= 15 is 0 Å². The summed E-state index contributed by atoms with van der Waals surface area (Å²) >= 11 is 0. The number of hydrogen-bond acceptors (Lipinski definition) is 3. The second-order valence-corrected chi connectivity index (χ2v) is 4.19. The zero-order chi connectivity index (χ0) is 14.9. The molecule has 2 rings (SSSR count). The first-order valence-corrected chi connectivity index (χ1v) is 5.61. The number of anilines is 1. The van der Waals surface area contributed by atoms with Crippen LogP contribution in [0.25, 0.3) is 0 Å². The van der Waals surface area contributed by atoms with Crippen molar-refractivity contribution in [3.05, 3.63) is 29.8 Å². The number of halogens is 3. The molecule has 5 nitrogen and oxygen atoms in total. The van der Waals surface area contributed by atoms with Gasteiger partial charge in [-0.15, -0.1) is 0 Å². The summed E-state index contributed by atoms with van der Waals surface area (Å²) in [6.45, 7) is -0.655. The molecule has 1 aromatic rings. The fraction of sp³-hybridized carbons (Fsp3) is 0.333. The van der Waals surface area contributed by atoms with Gasteiger partial charge >= 0.3 is 12.1 Å². The van der Waals surface area contributed by atoms with Crippen molar-refractivity contribution >= 4 is 17.6 Å². The largest absolute Gasteiger partial charge is 0.479 e. The van der Waals surface area contributed by atoms with Crippen molar-refractivity contribution in [1.82, 2.24) is 0 Å². The van der Waals surface area contributed by atoms with E-state index in [0.29, 0.717) is 0 Å². The molecule has 1 fully saturated rings. The van der Waals surface area contributed by atoms with Crippen molar-refractivity contribution in [1.29, 1.82) is 0 Å². The lowest BCUT2D eigenvalue weighted by Gasteiger charge is -2.30. The highest BCUT2D eigenvalue weighted by Gasteiger charge is 2.33. The Bertz CT molecular complexity index is 526. The molecule has 0 aliphatic carbocycles. The van der Waals surface area contributed by atoms with Gasteiger partial charge in [0.15, 0.2) is 6.10 Å². The topological polar surface area (TPSA) is 66.8 Å². The summed E-state index contributed by atoms with van der Waals surface area (Å²) < 4.78 is 42.1. The number of nitrogens with zero attached hydrogens (tertiary/aromatic N) is 1. The van der Waals surface area contributed by atoms with Crippen molar-refractivity contribution in [2.75, 3.05) is 18.1 Å². The first kappa shape index (κ1) is 14.3. The summed E-state index contributed by atoms with van der Waals surface area (Å²) in [6, 6.07) is 3.94. The Morgan fingerprint density at radius 3 is 2.40 bits per heavy atom. The molecule has 1 unspecified atom stereocenters. The predicted molar refractivity (Wildman–Crippen MR) is 61.2 cm³/mol. The van der Waals surface area contributed by atoms with Crippen molar-refractivity contribution in [3.8, 4) is 0 Å². The molecular formula is C12H10F3NO4. The van der Waals surface area contributed by atoms with E-state index < -0.39 is 36.3 Å². The molecule has 8 heteroatoms. The maximum Gasteiger partial charge on any atom is 0.416 e. The van der Waals surface area contributed by atoms with Crippen LogP contribution in [0.4, 0.5) is 18.9 Å². The maximum atomic E-state index is 12.4. The van der Waals surface area contributed by atoms with Crippen molar-refractivity contribution in [2.45, 2.75) is 12.3 Å². The number of rotatable bonds is 2. The molecular weight excluding hydrogens is 279 g/mol. The molecule has 1 N–H and O–H groups in total. The molecule has 0 saturated carbocycles. The number of carbonyl (C=O) groups excluding carboxylic acids is 1. The smallest absolute Gasteiger partial charge is 0.416 e. The van der Waals surface area contributed by atoms with Gasteiger partial charge in [-0.25, -0.2) is 4.79 Å². The van der Waals surface area contributed by atoms with Gasteiger partial charge in [-0.1, -0.05) is 0 Å². The third-order valence-electron chi connectivity index (χ3n) is 2.84. The number of carboxylic acid groups (broad SMARTS) is 1. The van der Waals surface area contributed by atoms with E-state index in [0.717, 1.165) is 29.2 Å². The van der Waals surface area contributed by atoms with E-state index in [1.54, 1.807) is 0 Å². The van der Waals surface area contributed by atoms with Gasteiger partial charge in [0.2, 0.25) is 0 Å². The van der Waals surface area contributed by atoms with Crippen LogP contribution in [0, 0.1) is 0 Å². The molecule has 1 atom stereocenters. The zero-order valence-electron chi connectivity index (χ0n) is 10.1. The number of carbonyl (C=O) groups is 2. The first-order valence-electron chi connectivity index (χ1n) is 5.61. The Balaban J connectivity index is 2.21. The summed E-state index contributed by atoms with van der Waals surface area (Å²) in [5.74, 6) is -1.73. The highest BCUT2D eigenvalue weighted by molar-refractivity contribution is 5.96. The van der Waals surface area contributed by atoms with Crippen LogP contribution >= 0.6 is 0 Å². The Labute approximate surface area is 111 Å². The van der Waals surface area contributed by atoms with Crippen molar-refractivity contribution in [2.24, 2.45) is 0 Å². The van der Waals surface area contributed by atoms with Gasteiger partial charge in [-0.05, 0) is 24.3 Å². The Kier molecular flexibility index (Phi) is 3.67. The number of alkyl halides is 3. The fourth-order valence-electron chi connectivity index (χ4n) is 1.80. The molecule has 1 saturated heterocycles. The van der Waals surface area contributed by atoms with Crippen molar-refractivity contribution in [3.63, 3.8) is 0 Å². The molecule has 1 aliphatic heterocycles. The predicted octanol–water partition coefficient (Wildman–Crippen LogP) is 1.52. The molecule has 0 bridgehead atoms. The number of hydrogen-bond donors (Lipinski definition) is 1. The summed E-state index contributed by atoms with van der Waals surface area (Å²) in [5, 5.41) is 8.83. The number of morpholine rings is 1. The average Bonchev–Trinajstić information content (AvgIpc) is 2.38. The van der Waals surface area contributed by atoms with Crippen LogP contribution in [-0.4, -0.2) is 36.2 Å². The molecule has 1 aliphatic rings. The minimum Gasteiger partial charge on any atom is -0.479 e. The zero-order valence-corrected chi connectivity index (χ0v) is 10.1. The number of aliphatic carboxylic acids is 1. The van der Waals surface area contributed by atoms with Crippen LogP contribution in [0.5, 0.6) is 0 Å². The lowest BCUT2D eigenvalue weighted by atomic mass is 10.1. The Morgan fingerprint density at radius 2 is 1.90 bits per heavy atom. The van der Waals surface area contributed by atoms with E-state index in [-0.39, 0.29) is 12.2 Å². The summed E-state index contributed by atoms with van der Waals surface area (Å²) in [7, 11) is 0. The number of benzene rings is 1. The quantitative estimate of drug-likeness (QED) is 0.896. The standard InChI is InChI=1S/C12H10F3NO4/c13-12(14,15)7-1-3-8(4-2-7)16-5-9(11(18)19)20-6-10(16)17/h1-4,9H,5-6H2,(H,18,19). The molecule has 0 aromatic heterocycles. The minimum absolute atomic E-state index is 0.206. The summed E-state index contributed by atoms with van der Waals surface area (Å²) in [5.41, 5.74) is -0.630. The van der Waals surface area contributed by atoms with Crippen LogP contribution in [0.1, 0.15) is 5.56 Å². The van der Waals surface area contributed by atoms with Gasteiger partial charge in [-0.3, -0.25) is 4.79 Å². The molecule has 0 radical (unpaired) electrons. The van der Waals surface area contributed by atoms with Gasteiger partial charge in [0.1, 0.15) is 6.61 Å². The third kappa shape index (κ3) is 2.90. The monoisotopic (exact) mass is 289 g/mol. The molecule has 20 heavy (non-hydrogen) atoms. The van der Waals surface area contributed by atoms with Gasteiger partial charge < -0.3 is 14.7 Å². The van der Waals surface area contributed by atoms with Gasteiger partial charge in [-0.2, -0.15) is 13.2 Å². The van der Waals surface area contributed by atoms with E-state index in [1.807, 2.05) is 0 Å². The van der Waals surface area contributed by atoms with Crippen LogP contribution in [0.2, 0.25) is 0 Å². The average molecular weight is 289 g/mol. The van der Waals surface area contributed by atoms with Gasteiger partial charge in [0.05, 0.1) is 12.1 Å². The lowest BCUT2D eigenvalue weighted by Crippen LogP contribution is -2.49. The maximum absolute atomic E-state index is 12.4. The highest BCUT2D eigenvalue weighted by Crippen LogP contribution is 2.30. The number of carboxylic acids is 1. The van der Waals surface area contributed by atoms with E-state index in [4.69, 9.17) is 9.84 Å². The molecule has 108 valence electrons. The summed E-state index contributed by atoms with van der Waals surface area (Å²) in [4.78, 5) is 23.5. The number of ether oxygens (including phenoxy) is 1. The van der Waals surface area contributed by atoms with Crippen LogP contribution < -0.4 is 4.90 Å². The minimum atomic E-state index is -4.46. The van der Waals surface area contributed by atoms with Crippen molar-refractivity contribution < 1.29 is 32.6 Å². The van der Waals surface area contributed by atoms with E-state index in [1.165, 1.54) is 0 Å². The second-order valence-electron chi connectivity index (χ2n) is 4.19. The SMILES string of the molecule is O=C(O)C1CN(c2ccc(C(F)(F)F)cc2)C(=O)CO1. The normalized spacial score (nSPS) is 20.1. The third-order valence-corrected chi connectivity index (χ3v) is 2.84. The molecule has 1 amide bonds. The van der Waals surface area contributed by atoms with E-state index in [9.17, 15) is 22.8 Å². The Morgan fingerprint density at radius 1 is 1.30 bits per heavy atom. The van der Waals surface area contributed by atoms with Gasteiger partial charge in [0, 0.05) is 5.69 Å². The lowest BCUT2D eigenvalue weighted by molar-refractivity contribution is -0.154.